The molecule has 0 amide bonds. The largest absolute Gasteiger partial charge is 1.00 e. The second-order valence-corrected chi connectivity index (χ2v) is 2.51. The standard InChI is InChI=1S/C8H6BF4.K/c10-8-4-2-1-3-7(8)5-6-9(11,12)13;/h1-6H;/q-1;+1/b6-5+;. The van der Waals surface area contributed by atoms with Gasteiger partial charge in [0.05, 0.1) is 0 Å². The van der Waals surface area contributed by atoms with Gasteiger partial charge in [0.15, 0.2) is 0 Å². The molecule has 0 bridgehead atoms. The Balaban J connectivity index is 0.00000169. The van der Waals surface area contributed by atoms with Crippen LogP contribution in [0.1, 0.15) is 5.56 Å². The van der Waals surface area contributed by atoms with Gasteiger partial charge in [-0.05, 0) is 6.07 Å². The molecule has 1 aromatic rings. The van der Waals surface area contributed by atoms with Gasteiger partial charge in [-0.2, -0.15) is 0 Å². The number of hydrogen-bond acceptors (Lipinski definition) is 0. The summed E-state index contributed by atoms with van der Waals surface area (Å²) in [6.45, 7) is -4.99. The van der Waals surface area contributed by atoms with E-state index in [1.807, 2.05) is 0 Å². The van der Waals surface area contributed by atoms with Gasteiger partial charge in [-0.1, -0.05) is 24.3 Å². The smallest absolute Gasteiger partial charge is 0.445 e. The maximum absolute atomic E-state index is 12.8. The summed E-state index contributed by atoms with van der Waals surface area (Å²) in [7, 11) is 0. The summed E-state index contributed by atoms with van der Waals surface area (Å²) in [5.41, 5.74) is -0.0540. The Bertz CT molecular complexity index is 321. The van der Waals surface area contributed by atoms with Gasteiger partial charge in [-0.25, -0.2) is 4.39 Å². The zero-order chi connectivity index (χ0) is 9.90. The average Bonchev–Trinajstić information content (AvgIpc) is 2.01. The molecule has 0 aliphatic carbocycles. The van der Waals surface area contributed by atoms with Crippen molar-refractivity contribution >= 4 is 13.1 Å². The van der Waals surface area contributed by atoms with Crippen LogP contribution in [0.3, 0.4) is 0 Å². The first kappa shape index (κ1) is 14.4. The minimum Gasteiger partial charge on any atom is -0.445 e. The fraction of sp³-hybridized carbons (Fsp3) is 0. The first-order valence-corrected chi connectivity index (χ1v) is 3.63. The van der Waals surface area contributed by atoms with Crippen molar-refractivity contribution in [1.82, 2.24) is 0 Å². The van der Waals surface area contributed by atoms with E-state index in [0.29, 0.717) is 0 Å². The molecule has 0 aromatic heterocycles. The average molecular weight is 228 g/mol. The van der Waals surface area contributed by atoms with Crippen molar-refractivity contribution in [3.63, 3.8) is 0 Å². The molecule has 0 nitrogen and oxygen atoms in total. The molecule has 70 valence electrons. The number of benzene rings is 1. The molecular formula is C8H6BF4K. The van der Waals surface area contributed by atoms with Gasteiger partial charge >= 0.3 is 58.4 Å². The predicted octanol–water partition coefficient (Wildman–Crippen LogP) is 0.229. The van der Waals surface area contributed by atoms with Crippen LogP contribution in [0.4, 0.5) is 17.3 Å². The van der Waals surface area contributed by atoms with E-state index in [1.54, 1.807) is 0 Å². The Morgan fingerprint density at radius 2 is 1.64 bits per heavy atom. The van der Waals surface area contributed by atoms with Crippen LogP contribution in [0.25, 0.3) is 6.08 Å². The van der Waals surface area contributed by atoms with Gasteiger partial charge in [0.2, 0.25) is 0 Å². The Labute approximate surface area is 122 Å². The van der Waals surface area contributed by atoms with E-state index in [0.717, 1.165) is 12.1 Å². The molecule has 1 aromatic carbocycles. The van der Waals surface area contributed by atoms with Gasteiger partial charge in [0.25, 0.3) is 0 Å². The molecule has 0 aliphatic heterocycles. The molecule has 0 spiro atoms. The van der Waals surface area contributed by atoms with Gasteiger partial charge in [0, 0.05) is 5.56 Å². The third-order valence-electron chi connectivity index (χ3n) is 1.40. The van der Waals surface area contributed by atoms with E-state index in [9.17, 15) is 17.3 Å². The monoisotopic (exact) mass is 228 g/mol. The van der Waals surface area contributed by atoms with E-state index in [2.05, 4.69) is 0 Å². The maximum Gasteiger partial charge on any atom is 1.00 e. The molecule has 0 heterocycles. The van der Waals surface area contributed by atoms with Crippen LogP contribution in [0, 0.1) is 5.82 Å². The van der Waals surface area contributed by atoms with Crippen LogP contribution >= 0.6 is 0 Å². The predicted molar refractivity (Wildman–Crippen MR) is 44.5 cm³/mol. The first-order chi connectivity index (χ1) is 5.99. The molecule has 0 saturated carbocycles. The third kappa shape index (κ3) is 5.31. The molecule has 6 heteroatoms. The topological polar surface area (TPSA) is 0 Å². The molecule has 0 N–H and O–H groups in total. The number of hydrogen-bond donors (Lipinski definition) is 0. The fourth-order valence-corrected chi connectivity index (χ4v) is 0.823. The summed E-state index contributed by atoms with van der Waals surface area (Å²) >= 11 is 0. The van der Waals surface area contributed by atoms with Gasteiger partial charge in [-0.3, -0.25) is 0 Å². The fourth-order valence-electron chi connectivity index (χ4n) is 0.823. The maximum atomic E-state index is 12.8. The molecule has 0 fully saturated rings. The summed E-state index contributed by atoms with van der Waals surface area (Å²) in [6.07, 6.45) is 0.731. The van der Waals surface area contributed by atoms with E-state index in [-0.39, 0.29) is 62.9 Å². The zero-order valence-corrected chi connectivity index (χ0v) is 10.7. The molecule has 0 unspecified atom stereocenters. The molecule has 0 radical (unpaired) electrons. The van der Waals surface area contributed by atoms with Gasteiger partial charge in [-0.15, -0.1) is 5.98 Å². The van der Waals surface area contributed by atoms with Crippen molar-refractivity contribution in [3.8, 4) is 0 Å². The van der Waals surface area contributed by atoms with Crippen molar-refractivity contribution in [2.24, 2.45) is 0 Å². The molecule has 1 rings (SSSR count). The summed E-state index contributed by atoms with van der Waals surface area (Å²) in [4.78, 5) is 0. The van der Waals surface area contributed by atoms with E-state index in [1.165, 1.54) is 18.2 Å². The number of halogens is 4. The van der Waals surface area contributed by atoms with Crippen LogP contribution in [0.15, 0.2) is 30.2 Å². The van der Waals surface area contributed by atoms with Crippen molar-refractivity contribution in [2.45, 2.75) is 0 Å². The summed E-state index contributed by atoms with van der Waals surface area (Å²) in [6, 6.07) is 5.30. The van der Waals surface area contributed by atoms with Crippen molar-refractivity contribution in [1.29, 1.82) is 0 Å². The van der Waals surface area contributed by atoms with Crippen molar-refractivity contribution in [3.05, 3.63) is 41.6 Å². The van der Waals surface area contributed by atoms with Crippen LogP contribution < -0.4 is 51.4 Å². The molecule has 14 heavy (non-hydrogen) atoms. The Kier molecular flexibility index (Phi) is 6.24. The first-order valence-electron chi connectivity index (χ1n) is 3.63. The molecule has 0 aliphatic rings. The van der Waals surface area contributed by atoms with Crippen molar-refractivity contribution < 1.29 is 68.7 Å². The number of rotatable bonds is 2. The van der Waals surface area contributed by atoms with Crippen molar-refractivity contribution in [2.75, 3.05) is 0 Å². The van der Waals surface area contributed by atoms with E-state index >= 15 is 0 Å². The van der Waals surface area contributed by atoms with Crippen LogP contribution in [0.5, 0.6) is 0 Å². The molecule has 0 saturated heterocycles. The third-order valence-corrected chi connectivity index (χ3v) is 1.40. The minimum atomic E-state index is -4.99. The summed E-state index contributed by atoms with van der Waals surface area (Å²) < 4.78 is 47.9. The second-order valence-electron chi connectivity index (χ2n) is 2.51. The Hall–Kier alpha value is 0.381. The van der Waals surface area contributed by atoms with Crippen LogP contribution in [-0.4, -0.2) is 6.98 Å². The summed E-state index contributed by atoms with van der Waals surface area (Å²) in [5.74, 6) is -0.586. The van der Waals surface area contributed by atoms with E-state index in [4.69, 9.17) is 0 Å². The molecular weight excluding hydrogens is 222 g/mol. The minimum absolute atomic E-state index is 0. The van der Waals surface area contributed by atoms with Crippen LogP contribution in [0.2, 0.25) is 0 Å². The summed E-state index contributed by atoms with van der Waals surface area (Å²) in [5, 5.41) is 0. The Morgan fingerprint density at radius 3 is 2.14 bits per heavy atom. The van der Waals surface area contributed by atoms with Gasteiger partial charge in [0.1, 0.15) is 5.82 Å². The molecule has 0 atom stereocenters. The van der Waals surface area contributed by atoms with Crippen LogP contribution in [-0.2, 0) is 0 Å². The second kappa shape index (κ2) is 6.07. The van der Waals surface area contributed by atoms with Gasteiger partial charge < -0.3 is 12.9 Å². The Morgan fingerprint density at radius 1 is 1.07 bits per heavy atom. The SMILES string of the molecule is Fc1ccccc1/C=C/[B-](F)(F)F.[K+]. The normalized spacial score (nSPS) is 11.4. The zero-order valence-electron chi connectivity index (χ0n) is 7.55. The quantitative estimate of drug-likeness (QED) is 0.502. The van der Waals surface area contributed by atoms with E-state index < -0.39 is 12.8 Å².